The maximum Gasteiger partial charge on any atom is 0.364 e. The van der Waals surface area contributed by atoms with Crippen LogP contribution in [0.3, 0.4) is 0 Å². The van der Waals surface area contributed by atoms with Crippen LogP contribution in [0.4, 0.5) is 0 Å². The summed E-state index contributed by atoms with van der Waals surface area (Å²) in [5.74, 6) is 2.43. The topological polar surface area (TPSA) is 25.8 Å². The van der Waals surface area contributed by atoms with Crippen molar-refractivity contribution in [2.75, 3.05) is 0 Å². The van der Waals surface area contributed by atoms with Gasteiger partial charge in [-0.2, -0.15) is 4.57 Å². The quantitative estimate of drug-likeness (QED) is 0.116. The Morgan fingerprint density at radius 2 is 1.25 bits per heavy atom. The smallest absolute Gasteiger partial charge is 0.364 e. The van der Waals surface area contributed by atoms with Crippen molar-refractivity contribution < 1.29 is 13.6 Å². The summed E-state index contributed by atoms with van der Waals surface area (Å²) < 4.78 is 15.3. The van der Waals surface area contributed by atoms with Crippen LogP contribution < -0.4 is 14.3 Å². The van der Waals surface area contributed by atoms with Crippen molar-refractivity contribution in [2.45, 2.75) is 104 Å². The van der Waals surface area contributed by atoms with Gasteiger partial charge in [-0.3, -0.25) is 0 Å². The summed E-state index contributed by atoms with van der Waals surface area (Å²) in [6.07, 6.45) is 2.60. The molecule has 0 amide bonds. The van der Waals surface area contributed by atoms with Crippen molar-refractivity contribution in [3.05, 3.63) is 167 Å². The third-order valence-electron chi connectivity index (χ3n) is 14.3. The van der Waals surface area contributed by atoms with E-state index in [0.29, 0.717) is 11.8 Å². The first kappa shape index (κ1) is 39.8. The normalized spacial score (nSPS) is 15.5. The lowest BCUT2D eigenvalue weighted by Gasteiger charge is -2.25. The molecule has 0 radical (unpaired) electrons. The Kier molecular flexibility index (Phi) is 8.83. The van der Waals surface area contributed by atoms with Gasteiger partial charge in [0.1, 0.15) is 16.8 Å². The molecule has 5 heteroatoms. The summed E-state index contributed by atoms with van der Waals surface area (Å²) >= 11 is 0. The molecule has 6 aromatic carbocycles. The van der Waals surface area contributed by atoms with E-state index in [-0.39, 0.29) is 11.8 Å². The molecular weight excluding hydrogens is 783 g/mol. The summed E-state index contributed by atoms with van der Waals surface area (Å²) in [5, 5.41) is 3.81. The highest BCUT2D eigenvalue weighted by Gasteiger charge is 2.67. The van der Waals surface area contributed by atoms with Crippen LogP contribution in [0.25, 0.3) is 72.4 Å². The molecule has 1 spiro atoms. The van der Waals surface area contributed by atoms with E-state index in [4.69, 9.17) is 4.42 Å². The molecule has 314 valence electrons. The Morgan fingerprint density at radius 3 is 1.94 bits per heavy atom. The molecule has 2 aliphatic rings. The molecule has 4 nitrogen and oxygen atoms in total. The summed E-state index contributed by atoms with van der Waals surface area (Å²) in [4.78, 5) is 0. The minimum atomic E-state index is -1.86. The van der Waals surface area contributed by atoms with Crippen LogP contribution in [0.2, 0.25) is 19.6 Å². The van der Waals surface area contributed by atoms with Crippen molar-refractivity contribution in [3.8, 4) is 39.5 Å². The van der Waals surface area contributed by atoms with Crippen molar-refractivity contribution in [3.63, 3.8) is 0 Å². The molecule has 63 heavy (non-hydrogen) atoms. The largest absolute Gasteiger partial charge is 0.455 e. The van der Waals surface area contributed by atoms with E-state index < -0.39 is 13.7 Å². The first-order valence-electron chi connectivity index (χ1n) is 23.2. The second kappa shape index (κ2) is 14.0. The van der Waals surface area contributed by atoms with Crippen LogP contribution in [-0.4, -0.2) is 12.6 Å². The number of hydrogen-bond acceptors (Lipinski definition) is 1. The maximum atomic E-state index is 7.21. The second-order valence-electron chi connectivity index (χ2n) is 20.6. The Balaban J connectivity index is 1.40. The average Bonchev–Trinajstić information content (AvgIpc) is 3.98. The molecule has 11 rings (SSSR count). The number of rotatable bonds is 7. The van der Waals surface area contributed by atoms with Gasteiger partial charge in [-0.15, -0.1) is 9.13 Å². The van der Waals surface area contributed by atoms with E-state index in [1.807, 2.05) is 0 Å². The van der Waals surface area contributed by atoms with E-state index in [1.165, 1.54) is 83.2 Å². The highest BCUT2D eigenvalue weighted by atomic mass is 28.3. The van der Waals surface area contributed by atoms with E-state index in [1.54, 1.807) is 0 Å². The fourth-order valence-corrected chi connectivity index (χ4v) is 12.9. The number of benzene rings is 6. The number of nitrogens with zero attached hydrogens (tertiary/aromatic N) is 3. The van der Waals surface area contributed by atoms with Crippen LogP contribution in [0.1, 0.15) is 112 Å². The van der Waals surface area contributed by atoms with E-state index in [0.717, 1.165) is 27.8 Å². The minimum absolute atomic E-state index is 0.254. The SMILES string of the molecule is CC(C)c1ccc2c(c1)C1(c3ccc4c(oc5ccccc54)c3-c3n(-c4c(C(C)C)cc(-c5ccccc5)cc4C(C)C)c4ccccc4[n+]31)[n+]1cc([Si](C)(C)C)c(C(C)C)cc1-2. The van der Waals surface area contributed by atoms with Gasteiger partial charge in [-0.05, 0) is 101 Å². The standard InChI is InChI=1S/C58H59N3OSi/c1-34(2)39-25-26-43-48(31-39)58(59-33-53(63(9,10)11)44(35(3)4)32-51(43)59)47-28-27-42-41-21-15-18-24-52(41)62-56(42)54(47)57-60(49-22-16-17-23-50(49)61(57)58)55-45(36(5)6)29-40(30-46(55)37(7)8)38-19-13-12-14-20-38/h12-37H,1-11H3/q+2. The molecule has 1 atom stereocenters. The number of fused-ring (bicyclic) bond motifs is 16. The zero-order valence-corrected chi connectivity index (χ0v) is 39.8. The maximum absolute atomic E-state index is 7.21. The minimum Gasteiger partial charge on any atom is -0.455 e. The number of hydrogen-bond donors (Lipinski definition) is 0. The van der Waals surface area contributed by atoms with Crippen LogP contribution in [0, 0.1) is 0 Å². The molecule has 3 aromatic heterocycles. The Hall–Kier alpha value is -6.04. The highest BCUT2D eigenvalue weighted by Crippen LogP contribution is 2.54. The van der Waals surface area contributed by atoms with Crippen molar-refractivity contribution in [1.29, 1.82) is 0 Å². The number of furan rings is 1. The van der Waals surface area contributed by atoms with Crippen LogP contribution in [0.5, 0.6) is 0 Å². The second-order valence-corrected chi connectivity index (χ2v) is 25.6. The van der Waals surface area contributed by atoms with Gasteiger partial charge in [-0.25, -0.2) is 0 Å². The lowest BCUT2D eigenvalue weighted by molar-refractivity contribution is -0.944. The van der Waals surface area contributed by atoms with Crippen LogP contribution >= 0.6 is 0 Å². The van der Waals surface area contributed by atoms with Crippen molar-refractivity contribution in [1.82, 2.24) is 4.57 Å². The number of para-hydroxylation sites is 3. The molecule has 1 unspecified atom stereocenters. The van der Waals surface area contributed by atoms with E-state index in [2.05, 4.69) is 222 Å². The summed E-state index contributed by atoms with van der Waals surface area (Å²) in [7, 11) is -1.86. The Bertz CT molecular complexity index is 3310. The number of imidazole rings is 1. The predicted octanol–water partition coefficient (Wildman–Crippen LogP) is 14.1. The zero-order chi connectivity index (χ0) is 43.9. The summed E-state index contributed by atoms with van der Waals surface area (Å²) in [5.41, 5.74) is 19.1. The first-order valence-corrected chi connectivity index (χ1v) is 26.7. The van der Waals surface area contributed by atoms with Gasteiger partial charge in [0, 0.05) is 33.2 Å². The average molecular weight is 842 g/mol. The van der Waals surface area contributed by atoms with Gasteiger partial charge >= 0.3 is 11.5 Å². The molecular formula is C58H59N3OSi+2. The lowest BCUT2D eigenvalue weighted by atomic mass is 9.86. The molecule has 0 N–H and O–H groups in total. The lowest BCUT2D eigenvalue weighted by Crippen LogP contribution is -2.72. The highest BCUT2D eigenvalue weighted by molar-refractivity contribution is 6.89. The molecule has 0 saturated heterocycles. The molecule has 0 fully saturated rings. The van der Waals surface area contributed by atoms with Crippen LogP contribution in [0.15, 0.2) is 138 Å². The molecule has 0 aliphatic carbocycles. The zero-order valence-electron chi connectivity index (χ0n) is 38.8. The van der Waals surface area contributed by atoms with Gasteiger partial charge < -0.3 is 4.42 Å². The fourth-order valence-electron chi connectivity index (χ4n) is 11.2. The monoisotopic (exact) mass is 841 g/mol. The molecule has 5 heterocycles. The van der Waals surface area contributed by atoms with Gasteiger partial charge in [0.15, 0.2) is 22.8 Å². The fraction of sp³-hybridized carbons (Fsp3) is 0.276. The van der Waals surface area contributed by atoms with Crippen LogP contribution in [-0.2, 0) is 5.66 Å². The molecule has 0 saturated carbocycles. The van der Waals surface area contributed by atoms with E-state index >= 15 is 0 Å². The van der Waals surface area contributed by atoms with Gasteiger partial charge in [0.05, 0.1) is 24.8 Å². The molecule has 0 bridgehead atoms. The number of pyridine rings is 1. The van der Waals surface area contributed by atoms with Gasteiger partial charge in [0.25, 0.3) is 0 Å². The summed E-state index contributed by atoms with van der Waals surface area (Å²) in [6.45, 7) is 26.4. The first-order chi connectivity index (χ1) is 30.2. The number of aromatic nitrogens is 3. The third kappa shape index (κ3) is 5.51. The summed E-state index contributed by atoms with van der Waals surface area (Å²) in [6, 6.07) is 48.3. The predicted molar refractivity (Wildman–Crippen MR) is 265 cm³/mol. The molecule has 2 aliphatic heterocycles. The molecule has 9 aromatic rings. The van der Waals surface area contributed by atoms with Crippen molar-refractivity contribution >= 4 is 46.2 Å². The van der Waals surface area contributed by atoms with Crippen molar-refractivity contribution in [2.24, 2.45) is 0 Å². The Labute approximate surface area is 373 Å². The van der Waals surface area contributed by atoms with Gasteiger partial charge in [0.2, 0.25) is 5.69 Å². The Morgan fingerprint density at radius 1 is 0.587 bits per heavy atom. The van der Waals surface area contributed by atoms with E-state index in [9.17, 15) is 0 Å². The van der Waals surface area contributed by atoms with Gasteiger partial charge in [-0.1, -0.05) is 142 Å². The third-order valence-corrected chi connectivity index (χ3v) is 16.3.